The van der Waals surface area contributed by atoms with E-state index in [9.17, 15) is 28.0 Å². The fraction of sp³-hybridized carbons (Fsp3) is 0.160. The van der Waals surface area contributed by atoms with Crippen molar-refractivity contribution in [3.8, 4) is 0 Å². The zero-order chi connectivity index (χ0) is 26.3. The molecule has 0 saturated heterocycles. The van der Waals surface area contributed by atoms with Crippen LogP contribution >= 0.6 is 0 Å². The second kappa shape index (κ2) is 9.10. The van der Waals surface area contributed by atoms with Gasteiger partial charge < -0.3 is 26.6 Å². The van der Waals surface area contributed by atoms with Crippen molar-refractivity contribution in [3.63, 3.8) is 0 Å². The van der Waals surface area contributed by atoms with E-state index in [4.69, 9.17) is 16.9 Å². The van der Waals surface area contributed by atoms with Gasteiger partial charge in [0.2, 0.25) is 5.91 Å². The topological polar surface area (TPSA) is 145 Å². The van der Waals surface area contributed by atoms with Crippen molar-refractivity contribution in [1.29, 1.82) is 5.41 Å². The number of primary amides is 1. The number of hydrogen-bond acceptors (Lipinski definition) is 4. The quantitative estimate of drug-likeness (QED) is 0.178. The van der Waals surface area contributed by atoms with Crippen LogP contribution in [0.2, 0.25) is 0 Å². The smallest absolute Gasteiger partial charge is 0.416 e. The van der Waals surface area contributed by atoms with Gasteiger partial charge in [-0.05, 0) is 36.4 Å². The first kappa shape index (κ1) is 24.9. The predicted octanol–water partition coefficient (Wildman–Crippen LogP) is 3.66. The molecule has 0 aromatic heterocycles. The molecule has 6 N–H and O–H groups in total. The van der Waals surface area contributed by atoms with Gasteiger partial charge in [0.1, 0.15) is 18.1 Å². The van der Waals surface area contributed by atoms with E-state index in [-0.39, 0.29) is 35.7 Å². The molecule has 0 bridgehead atoms. The number of anilines is 1. The number of hydroxylamine groups is 2. The van der Waals surface area contributed by atoms with Crippen molar-refractivity contribution < 1.29 is 22.8 Å². The highest BCUT2D eigenvalue weighted by Crippen LogP contribution is 2.41. The number of amidine groups is 1. The molecule has 1 aliphatic rings. The van der Waals surface area contributed by atoms with Gasteiger partial charge in [-0.2, -0.15) is 13.2 Å². The van der Waals surface area contributed by atoms with E-state index in [1.165, 1.54) is 18.2 Å². The predicted molar refractivity (Wildman–Crippen MR) is 129 cm³/mol. The standard InChI is InChI=1S/C25H22F3N5O3/c26-25(27,28)18-7-9-19(10-8-18)32-24(35)21-11-16-5-6-17(22(29)30)12-20(16)33(21,36)13-14-1-3-15(4-2-14)23(31)34/h1-10,12,21H,11,13H2,(H3,29,30)(H2,31,34)(H,32,35). The average Bonchev–Trinajstić information content (AvgIpc) is 3.10. The lowest BCUT2D eigenvalue weighted by Gasteiger charge is -2.43. The molecule has 0 fully saturated rings. The lowest BCUT2D eigenvalue weighted by Crippen LogP contribution is -2.54. The molecule has 11 heteroatoms. The molecule has 2 amide bonds. The fourth-order valence-electron chi connectivity index (χ4n) is 4.27. The van der Waals surface area contributed by atoms with Crippen molar-refractivity contribution in [2.75, 3.05) is 5.32 Å². The van der Waals surface area contributed by atoms with Crippen molar-refractivity contribution in [2.24, 2.45) is 11.5 Å². The summed E-state index contributed by atoms with van der Waals surface area (Å²) in [6.45, 7) is -0.182. The Balaban J connectivity index is 1.67. The van der Waals surface area contributed by atoms with Crippen LogP contribution in [0.1, 0.15) is 32.6 Å². The molecule has 8 nitrogen and oxygen atoms in total. The summed E-state index contributed by atoms with van der Waals surface area (Å²) in [5, 5.41) is 24.6. The van der Waals surface area contributed by atoms with E-state index in [0.29, 0.717) is 16.7 Å². The minimum absolute atomic E-state index is 0.0723. The molecule has 1 aliphatic heterocycles. The van der Waals surface area contributed by atoms with Crippen LogP contribution in [0.5, 0.6) is 0 Å². The Hall–Kier alpha value is -4.22. The minimum atomic E-state index is -4.52. The van der Waals surface area contributed by atoms with E-state index in [1.807, 2.05) is 0 Å². The van der Waals surface area contributed by atoms with E-state index in [2.05, 4.69) is 5.32 Å². The molecule has 0 spiro atoms. The highest BCUT2D eigenvalue weighted by atomic mass is 19.4. The molecule has 3 aromatic rings. The van der Waals surface area contributed by atoms with Gasteiger partial charge in [-0.25, -0.2) is 0 Å². The largest absolute Gasteiger partial charge is 0.627 e. The van der Waals surface area contributed by atoms with E-state index >= 15 is 0 Å². The maximum Gasteiger partial charge on any atom is 0.416 e. The number of benzene rings is 3. The number of nitrogen functional groups attached to an aromatic ring is 1. The Kier molecular flexibility index (Phi) is 6.29. The highest BCUT2D eigenvalue weighted by molar-refractivity contribution is 5.99. The summed E-state index contributed by atoms with van der Waals surface area (Å²) in [5.74, 6) is -1.54. The van der Waals surface area contributed by atoms with Gasteiger partial charge in [0.15, 0.2) is 6.04 Å². The molecule has 36 heavy (non-hydrogen) atoms. The Morgan fingerprint density at radius 2 is 1.61 bits per heavy atom. The highest BCUT2D eigenvalue weighted by Gasteiger charge is 2.45. The van der Waals surface area contributed by atoms with Crippen molar-refractivity contribution in [1.82, 2.24) is 4.65 Å². The summed E-state index contributed by atoms with van der Waals surface area (Å²) in [5.41, 5.74) is 12.1. The Morgan fingerprint density at radius 1 is 1.00 bits per heavy atom. The molecule has 3 aromatic carbocycles. The number of nitrogens with zero attached hydrogens (tertiary/aromatic N) is 1. The Labute approximate surface area is 204 Å². The zero-order valence-electron chi connectivity index (χ0n) is 18.8. The number of carbonyl (C=O) groups excluding carboxylic acids is 2. The summed E-state index contributed by atoms with van der Waals surface area (Å²) in [6.07, 6.45) is -4.45. The second-order valence-corrected chi connectivity index (χ2v) is 8.56. The molecular formula is C25H22F3N5O3. The van der Waals surface area contributed by atoms with Crippen LogP contribution in [0, 0.1) is 10.6 Å². The van der Waals surface area contributed by atoms with Crippen molar-refractivity contribution in [3.05, 3.63) is 99.8 Å². The Bertz CT molecular complexity index is 1340. The summed E-state index contributed by atoms with van der Waals surface area (Å²) < 4.78 is 37.5. The van der Waals surface area contributed by atoms with E-state index in [0.717, 1.165) is 24.3 Å². The van der Waals surface area contributed by atoms with Crippen LogP contribution in [-0.2, 0) is 23.9 Å². The minimum Gasteiger partial charge on any atom is -0.627 e. The first-order valence-electron chi connectivity index (χ1n) is 10.8. The summed E-state index contributed by atoms with van der Waals surface area (Å²) in [7, 11) is 0. The maximum absolute atomic E-state index is 14.4. The van der Waals surface area contributed by atoms with Crippen molar-refractivity contribution >= 4 is 29.0 Å². The number of nitrogens with one attached hydrogen (secondary N) is 2. The molecule has 0 aliphatic carbocycles. The van der Waals surface area contributed by atoms with E-state index in [1.54, 1.807) is 24.3 Å². The number of quaternary nitrogens is 1. The second-order valence-electron chi connectivity index (χ2n) is 8.56. The number of rotatable bonds is 6. The monoisotopic (exact) mass is 497 g/mol. The van der Waals surface area contributed by atoms with Crippen LogP contribution in [0.25, 0.3) is 0 Å². The molecule has 2 atom stereocenters. The molecule has 1 heterocycles. The third kappa shape index (κ3) is 4.79. The van der Waals surface area contributed by atoms with Crippen LogP contribution < -0.4 is 21.4 Å². The van der Waals surface area contributed by atoms with E-state index < -0.39 is 34.2 Å². The number of carbonyl (C=O) groups is 2. The number of halogens is 3. The number of fused-ring (bicyclic) bond motifs is 1. The molecule has 0 radical (unpaired) electrons. The van der Waals surface area contributed by atoms with Gasteiger partial charge in [0.25, 0.3) is 5.91 Å². The van der Waals surface area contributed by atoms with Gasteiger partial charge in [-0.15, -0.1) is 0 Å². The molecule has 4 rings (SSSR count). The molecule has 0 saturated carbocycles. The van der Waals surface area contributed by atoms with Gasteiger partial charge in [-0.1, -0.05) is 24.3 Å². The molecule has 2 unspecified atom stereocenters. The summed E-state index contributed by atoms with van der Waals surface area (Å²) >= 11 is 0. The maximum atomic E-state index is 14.4. The normalized spacial score (nSPS) is 18.9. The fourth-order valence-corrected chi connectivity index (χ4v) is 4.27. The SMILES string of the molecule is N=C(N)c1ccc2c(c1)[N+]([O-])(Cc1ccc(C(N)=O)cc1)C(C(=O)Nc1ccc(C(F)(F)F)cc1)C2. The van der Waals surface area contributed by atoms with Gasteiger partial charge in [-0.3, -0.25) is 15.0 Å². The van der Waals surface area contributed by atoms with Crippen molar-refractivity contribution in [2.45, 2.75) is 25.2 Å². The van der Waals surface area contributed by atoms with Gasteiger partial charge in [0, 0.05) is 40.4 Å². The molecular weight excluding hydrogens is 475 g/mol. The molecule has 186 valence electrons. The van der Waals surface area contributed by atoms with Crippen LogP contribution in [0.4, 0.5) is 24.5 Å². The van der Waals surface area contributed by atoms with Gasteiger partial charge in [0.05, 0.1) is 5.56 Å². The number of alkyl halides is 3. The lowest BCUT2D eigenvalue weighted by molar-refractivity contribution is -0.137. The van der Waals surface area contributed by atoms with Crippen LogP contribution in [0.15, 0.2) is 66.7 Å². The first-order valence-corrected chi connectivity index (χ1v) is 10.8. The Morgan fingerprint density at radius 3 is 2.17 bits per heavy atom. The third-order valence-corrected chi connectivity index (χ3v) is 6.16. The summed E-state index contributed by atoms with van der Waals surface area (Å²) in [4.78, 5) is 24.6. The number of hydrogen-bond donors (Lipinski definition) is 4. The first-order chi connectivity index (χ1) is 16.9. The summed E-state index contributed by atoms with van der Waals surface area (Å²) in [6, 6.07) is 13.6. The number of amides is 2. The zero-order valence-corrected chi connectivity index (χ0v) is 18.8. The third-order valence-electron chi connectivity index (χ3n) is 6.16. The van der Waals surface area contributed by atoms with Crippen LogP contribution in [0.3, 0.4) is 0 Å². The van der Waals surface area contributed by atoms with Crippen LogP contribution in [-0.4, -0.2) is 23.7 Å². The van der Waals surface area contributed by atoms with Gasteiger partial charge >= 0.3 is 6.18 Å². The lowest BCUT2D eigenvalue weighted by atomic mass is 10.1. The average molecular weight is 497 g/mol. The number of nitrogens with two attached hydrogens (primary N) is 2.